The Balaban J connectivity index is 0.000000495. The molecule has 1 aromatic heterocycles. The summed E-state index contributed by atoms with van der Waals surface area (Å²) in [6.45, 7) is 5.32. The second-order valence-corrected chi connectivity index (χ2v) is 10.2. The molecule has 39 heavy (non-hydrogen) atoms. The first-order valence-electron chi connectivity index (χ1n) is 14.0. The molecule has 1 aliphatic rings. The summed E-state index contributed by atoms with van der Waals surface area (Å²) in [6, 6.07) is 0. The van der Waals surface area contributed by atoms with Crippen LogP contribution in [0, 0.1) is 5.82 Å². The lowest BCUT2D eigenvalue weighted by atomic mass is 10.1. The van der Waals surface area contributed by atoms with E-state index in [0.717, 1.165) is 48.6 Å². The van der Waals surface area contributed by atoms with Crippen molar-refractivity contribution in [1.82, 2.24) is 9.55 Å². The maximum Gasteiger partial charge on any atom is 0.507 e. The van der Waals surface area contributed by atoms with Gasteiger partial charge in [0.15, 0.2) is 11.6 Å². The zero-order valence-electron chi connectivity index (χ0n) is 23.7. The maximum atomic E-state index is 14.1. The summed E-state index contributed by atoms with van der Waals surface area (Å²) in [5.74, 6) is 0.116. The molecule has 1 fully saturated rings. The molecule has 10 nitrogen and oxygen atoms in total. The summed E-state index contributed by atoms with van der Waals surface area (Å²) in [7, 11) is 1.32. The van der Waals surface area contributed by atoms with E-state index in [2.05, 4.69) is 28.9 Å². The largest absolute Gasteiger partial charge is 0.507 e. The number of ether oxygens (including phenoxy) is 4. The fourth-order valence-corrected chi connectivity index (χ4v) is 4.51. The Bertz CT molecular complexity index is 866. The predicted molar refractivity (Wildman–Crippen MR) is 151 cm³/mol. The van der Waals surface area contributed by atoms with Crippen molar-refractivity contribution in [3.8, 4) is 0 Å². The highest BCUT2D eigenvalue weighted by Crippen LogP contribution is 2.17. The zero-order valence-corrected chi connectivity index (χ0v) is 24.5. The second-order valence-electron chi connectivity index (χ2n) is 9.25. The van der Waals surface area contributed by atoms with Gasteiger partial charge in [0.2, 0.25) is 0 Å². The van der Waals surface area contributed by atoms with Gasteiger partial charge in [0.1, 0.15) is 0 Å². The highest BCUT2D eigenvalue weighted by molar-refractivity contribution is 7.99. The van der Waals surface area contributed by atoms with Crippen LogP contribution >= 0.6 is 11.8 Å². The zero-order chi connectivity index (χ0) is 28.7. The number of methoxy groups -OCH3 is 1. The van der Waals surface area contributed by atoms with Gasteiger partial charge in [-0.3, -0.25) is 9.88 Å². The molecule has 0 spiro atoms. The second kappa shape index (κ2) is 22.5. The van der Waals surface area contributed by atoms with Gasteiger partial charge in [-0.1, -0.05) is 78.1 Å². The molecule has 12 heteroatoms. The minimum absolute atomic E-state index is 0.139. The third-order valence-electron chi connectivity index (χ3n) is 5.88. The fourth-order valence-electron chi connectivity index (χ4n) is 3.66. The number of amides is 1. The molecule has 224 valence electrons. The van der Waals surface area contributed by atoms with Crippen LogP contribution in [0.4, 0.5) is 19.8 Å². The third-order valence-corrected chi connectivity index (χ3v) is 6.79. The van der Waals surface area contributed by atoms with Crippen LogP contribution in [-0.4, -0.2) is 59.9 Å². The van der Waals surface area contributed by atoms with Crippen LogP contribution in [0.1, 0.15) is 90.9 Å². The number of unbranched alkanes of at least 4 members (excludes halogenated alkanes) is 10. The molecule has 0 radical (unpaired) electrons. The van der Waals surface area contributed by atoms with Crippen LogP contribution in [0.25, 0.3) is 0 Å². The minimum Gasteiger partial charge on any atom is -0.449 e. The maximum absolute atomic E-state index is 14.1. The van der Waals surface area contributed by atoms with Crippen LogP contribution in [0.2, 0.25) is 0 Å². The molecular weight excluding hydrogens is 529 g/mol. The SMILES string of the molecule is CCCCCCCCOC(=O)Nc1nc(=O)n(C[C@@H]2CSCO2)cc1F.CCCCCCCCOC(=O)OC. The molecule has 1 N–H and O–H groups in total. The number of carbonyl (C=O) groups excluding carboxylic acids is 2. The lowest BCUT2D eigenvalue weighted by Gasteiger charge is -2.12. The number of aromatic nitrogens is 2. The summed E-state index contributed by atoms with van der Waals surface area (Å²) in [4.78, 5) is 37.8. The van der Waals surface area contributed by atoms with Crippen molar-refractivity contribution >= 4 is 29.8 Å². The Morgan fingerprint density at radius 2 is 1.62 bits per heavy atom. The van der Waals surface area contributed by atoms with E-state index in [1.54, 1.807) is 11.8 Å². The number of nitrogens with zero attached hydrogens (tertiary/aromatic N) is 2. The lowest BCUT2D eigenvalue weighted by Crippen LogP contribution is -2.31. The molecule has 2 rings (SSSR count). The number of carbonyl (C=O) groups is 2. The van der Waals surface area contributed by atoms with E-state index >= 15 is 0 Å². The summed E-state index contributed by atoms with van der Waals surface area (Å²) >= 11 is 1.61. The molecule has 1 atom stereocenters. The van der Waals surface area contributed by atoms with Crippen LogP contribution in [-0.2, 0) is 25.5 Å². The highest BCUT2D eigenvalue weighted by Gasteiger charge is 2.19. The van der Waals surface area contributed by atoms with E-state index in [-0.39, 0.29) is 19.3 Å². The molecule has 1 aliphatic heterocycles. The number of halogens is 1. The molecule has 0 bridgehead atoms. The number of thioether (sulfide) groups is 1. The molecule has 1 amide bonds. The van der Waals surface area contributed by atoms with Crippen molar-refractivity contribution in [2.24, 2.45) is 0 Å². The summed E-state index contributed by atoms with van der Waals surface area (Å²) in [6.07, 6.45) is 13.1. The highest BCUT2D eigenvalue weighted by atomic mass is 32.2. The van der Waals surface area contributed by atoms with E-state index < -0.39 is 29.6 Å². The number of hydrogen-bond acceptors (Lipinski definition) is 9. The molecule has 1 saturated heterocycles. The third kappa shape index (κ3) is 17.1. The van der Waals surface area contributed by atoms with Crippen LogP contribution in [0.15, 0.2) is 11.0 Å². The van der Waals surface area contributed by atoms with E-state index in [1.807, 2.05) is 0 Å². The number of nitrogens with one attached hydrogen (secondary N) is 1. The first-order valence-corrected chi connectivity index (χ1v) is 15.2. The monoisotopic (exact) mass is 575 g/mol. The Morgan fingerprint density at radius 1 is 1.03 bits per heavy atom. The van der Waals surface area contributed by atoms with E-state index in [9.17, 15) is 18.8 Å². The molecule has 0 saturated carbocycles. The van der Waals surface area contributed by atoms with Gasteiger partial charge in [-0.15, -0.1) is 11.8 Å². The van der Waals surface area contributed by atoms with Crippen molar-refractivity contribution in [3.63, 3.8) is 0 Å². The number of rotatable bonds is 17. The molecule has 2 heterocycles. The Hall–Kier alpha value is -2.34. The summed E-state index contributed by atoms with van der Waals surface area (Å²) < 4.78 is 34.7. The topological polar surface area (TPSA) is 118 Å². The normalized spacial score (nSPS) is 14.3. The van der Waals surface area contributed by atoms with Crippen LogP contribution < -0.4 is 11.0 Å². The Kier molecular flexibility index (Phi) is 20.0. The first kappa shape index (κ1) is 34.7. The predicted octanol–water partition coefficient (Wildman–Crippen LogP) is 6.51. The summed E-state index contributed by atoms with van der Waals surface area (Å²) in [5.41, 5.74) is -0.641. The minimum atomic E-state index is -0.808. The summed E-state index contributed by atoms with van der Waals surface area (Å²) in [5, 5.41) is 2.19. The van der Waals surface area contributed by atoms with Gasteiger partial charge in [-0.05, 0) is 12.8 Å². The van der Waals surface area contributed by atoms with Crippen molar-refractivity contribution in [1.29, 1.82) is 0 Å². The van der Waals surface area contributed by atoms with Gasteiger partial charge >= 0.3 is 17.9 Å². The lowest BCUT2D eigenvalue weighted by molar-refractivity contribution is 0.0713. The van der Waals surface area contributed by atoms with E-state index in [1.165, 1.54) is 52.1 Å². The van der Waals surface area contributed by atoms with E-state index in [0.29, 0.717) is 12.5 Å². The van der Waals surface area contributed by atoms with Gasteiger partial charge in [0.05, 0.1) is 38.9 Å². The number of anilines is 1. The van der Waals surface area contributed by atoms with Crippen LogP contribution in [0.5, 0.6) is 0 Å². The van der Waals surface area contributed by atoms with Crippen molar-refractivity contribution < 1.29 is 32.9 Å². The van der Waals surface area contributed by atoms with Gasteiger partial charge in [0.25, 0.3) is 0 Å². The quantitative estimate of drug-likeness (QED) is 0.164. The molecule has 0 aromatic carbocycles. The van der Waals surface area contributed by atoms with Crippen molar-refractivity contribution in [3.05, 3.63) is 22.5 Å². The Labute approximate surface area is 235 Å². The molecule has 0 aliphatic carbocycles. The van der Waals surface area contributed by atoms with Gasteiger partial charge in [0, 0.05) is 11.9 Å². The fraction of sp³-hybridized carbons (Fsp3) is 0.778. The van der Waals surface area contributed by atoms with Crippen molar-refractivity contribution in [2.75, 3.05) is 37.3 Å². The van der Waals surface area contributed by atoms with Crippen molar-refractivity contribution in [2.45, 2.75) is 104 Å². The first-order chi connectivity index (χ1) is 18.9. The van der Waals surface area contributed by atoms with E-state index in [4.69, 9.17) is 14.2 Å². The van der Waals surface area contributed by atoms with Gasteiger partial charge in [-0.2, -0.15) is 4.98 Å². The van der Waals surface area contributed by atoms with Crippen LogP contribution in [0.3, 0.4) is 0 Å². The number of hydrogen-bond donors (Lipinski definition) is 1. The molecule has 1 aromatic rings. The molecular formula is C27H46FN3O7S. The smallest absolute Gasteiger partial charge is 0.449 e. The average molecular weight is 576 g/mol. The Morgan fingerprint density at radius 3 is 2.18 bits per heavy atom. The average Bonchev–Trinajstić information content (AvgIpc) is 3.44. The van der Waals surface area contributed by atoms with Gasteiger partial charge < -0.3 is 18.9 Å². The molecule has 0 unspecified atom stereocenters. The standard InChI is InChI=1S/C17H26FN3O4S.C10H20O3/c1-2-3-4-5-6-7-8-24-17(23)20-15-14(18)10-21(16(22)19-15)9-13-11-26-12-25-13;1-3-4-5-6-7-8-9-13-10(11)12-2/h10,13H,2-9,11-12H2,1H3,(H,19,20,22,23);3-9H2,1-2H3/t13-;/m1./s1. The van der Waals surface area contributed by atoms with Gasteiger partial charge in [-0.25, -0.2) is 18.8 Å².